The molecule has 0 aliphatic carbocycles. The van der Waals surface area contributed by atoms with Crippen molar-refractivity contribution in [3.63, 3.8) is 0 Å². The van der Waals surface area contributed by atoms with Crippen molar-refractivity contribution in [2.45, 2.75) is 51.0 Å². The smallest absolute Gasteiger partial charge is 0.305 e. The highest BCUT2D eigenvalue weighted by Crippen LogP contribution is 2.30. The van der Waals surface area contributed by atoms with E-state index in [4.69, 9.17) is 11.6 Å². The Morgan fingerprint density at radius 3 is 2.70 bits per heavy atom. The van der Waals surface area contributed by atoms with E-state index >= 15 is 0 Å². The first-order valence-corrected chi connectivity index (χ1v) is 11.9. The van der Waals surface area contributed by atoms with Crippen LogP contribution < -0.4 is 10.6 Å². The maximum atomic E-state index is 12.9. The van der Waals surface area contributed by atoms with Gasteiger partial charge in [-0.3, -0.25) is 14.4 Å². The lowest BCUT2D eigenvalue weighted by Crippen LogP contribution is -2.46. The Morgan fingerprint density at radius 2 is 2.03 bits per heavy atom. The zero-order chi connectivity index (χ0) is 21.5. The van der Waals surface area contributed by atoms with Crippen molar-refractivity contribution in [3.8, 4) is 0 Å². The van der Waals surface area contributed by atoms with Crippen LogP contribution in [0.2, 0.25) is 4.34 Å². The largest absolute Gasteiger partial charge is 0.481 e. The van der Waals surface area contributed by atoms with Crippen LogP contribution in [0.25, 0.3) is 0 Å². The third-order valence-electron chi connectivity index (χ3n) is 6.00. The van der Waals surface area contributed by atoms with Crippen molar-refractivity contribution in [2.24, 2.45) is 11.8 Å². The van der Waals surface area contributed by atoms with Crippen LogP contribution in [0.1, 0.15) is 55.9 Å². The molecule has 166 valence electrons. The number of carbonyl (C=O) groups is 3. The molecule has 3 rings (SSSR count). The Bertz CT molecular complexity index is 750. The van der Waals surface area contributed by atoms with Crippen molar-refractivity contribution in [3.05, 3.63) is 21.3 Å². The molecule has 2 amide bonds. The van der Waals surface area contributed by atoms with Crippen molar-refractivity contribution in [1.29, 1.82) is 0 Å². The molecule has 0 spiro atoms. The first-order chi connectivity index (χ1) is 14.4. The van der Waals surface area contributed by atoms with Crippen LogP contribution in [-0.4, -0.2) is 54.0 Å². The number of rotatable bonds is 8. The zero-order valence-electron chi connectivity index (χ0n) is 17.1. The molecule has 0 aromatic carbocycles. The molecule has 2 aliphatic rings. The second kappa shape index (κ2) is 11.1. The second-order valence-corrected chi connectivity index (χ2v) is 9.96. The lowest BCUT2D eigenvalue weighted by molar-refractivity contribution is -0.138. The number of carboxylic acids is 1. The number of piperidine rings is 2. The highest BCUT2D eigenvalue weighted by atomic mass is 35.5. The molecule has 3 N–H and O–H groups in total. The Labute approximate surface area is 186 Å². The van der Waals surface area contributed by atoms with Crippen LogP contribution in [0.15, 0.2) is 12.1 Å². The summed E-state index contributed by atoms with van der Waals surface area (Å²) in [6.45, 7) is 3.14. The molecule has 2 atom stereocenters. The second-order valence-electron chi connectivity index (χ2n) is 8.21. The normalized spacial score (nSPS) is 21.2. The van der Waals surface area contributed by atoms with E-state index in [1.165, 1.54) is 11.3 Å². The van der Waals surface area contributed by atoms with Crippen LogP contribution >= 0.6 is 22.9 Å². The van der Waals surface area contributed by atoms with Crippen LogP contribution in [-0.2, 0) is 14.4 Å². The van der Waals surface area contributed by atoms with Gasteiger partial charge in [0.1, 0.15) is 0 Å². The number of nitrogens with one attached hydrogen (secondary N) is 2. The summed E-state index contributed by atoms with van der Waals surface area (Å²) >= 11 is 7.25. The molecule has 2 aliphatic heterocycles. The Balaban J connectivity index is 1.53. The third-order valence-corrected chi connectivity index (χ3v) is 7.35. The Hall–Kier alpha value is -1.64. The highest BCUT2D eigenvalue weighted by molar-refractivity contribution is 7.16. The van der Waals surface area contributed by atoms with Crippen LogP contribution in [0.4, 0.5) is 0 Å². The number of hydrogen-bond acceptors (Lipinski definition) is 5. The van der Waals surface area contributed by atoms with Gasteiger partial charge in [0.2, 0.25) is 11.8 Å². The van der Waals surface area contributed by atoms with Crippen molar-refractivity contribution >= 4 is 40.7 Å². The summed E-state index contributed by atoms with van der Waals surface area (Å²) < 4.78 is 0.554. The van der Waals surface area contributed by atoms with Gasteiger partial charge in [0.25, 0.3) is 0 Å². The summed E-state index contributed by atoms with van der Waals surface area (Å²) in [7, 11) is 0. The SMILES string of the molecule is O=C(O)C[C@H](NC(=O)[C@@H]1CCCN(C(=O)CCC2CCNCC2)C1)c1ccc(Cl)s1. The minimum atomic E-state index is -0.983. The Morgan fingerprint density at radius 1 is 1.27 bits per heavy atom. The maximum absolute atomic E-state index is 12.9. The summed E-state index contributed by atoms with van der Waals surface area (Å²) in [6.07, 6.45) is 4.97. The summed E-state index contributed by atoms with van der Waals surface area (Å²) in [6, 6.07) is 2.84. The van der Waals surface area contributed by atoms with E-state index in [2.05, 4.69) is 10.6 Å². The van der Waals surface area contributed by atoms with Gasteiger partial charge in [-0.1, -0.05) is 11.6 Å². The molecule has 0 unspecified atom stereocenters. The number of aliphatic carboxylic acids is 1. The Kier molecular flexibility index (Phi) is 8.53. The fourth-order valence-electron chi connectivity index (χ4n) is 4.28. The summed E-state index contributed by atoms with van der Waals surface area (Å²) in [4.78, 5) is 39.3. The number of carbonyl (C=O) groups excluding carboxylic acids is 2. The lowest BCUT2D eigenvalue weighted by atomic mass is 9.92. The van der Waals surface area contributed by atoms with E-state index in [-0.39, 0.29) is 24.2 Å². The monoisotopic (exact) mass is 455 g/mol. The summed E-state index contributed by atoms with van der Waals surface area (Å²) in [5.41, 5.74) is 0. The topological polar surface area (TPSA) is 98.7 Å². The molecule has 1 aromatic rings. The molecular weight excluding hydrogens is 426 g/mol. The van der Waals surface area contributed by atoms with E-state index in [1.807, 2.05) is 4.90 Å². The van der Waals surface area contributed by atoms with Crippen LogP contribution in [0.3, 0.4) is 0 Å². The van der Waals surface area contributed by atoms with Gasteiger partial charge in [-0.25, -0.2) is 0 Å². The first kappa shape index (κ1) is 23.0. The minimum absolute atomic E-state index is 0.123. The average Bonchev–Trinajstić information content (AvgIpc) is 3.18. The summed E-state index contributed by atoms with van der Waals surface area (Å²) in [5, 5.41) is 15.4. The fraction of sp³-hybridized carbons (Fsp3) is 0.667. The third kappa shape index (κ3) is 6.68. The number of nitrogens with zero attached hydrogens (tertiary/aromatic N) is 1. The van der Waals surface area contributed by atoms with Crippen LogP contribution in [0, 0.1) is 11.8 Å². The van der Waals surface area contributed by atoms with E-state index < -0.39 is 12.0 Å². The standard InChI is InChI=1S/C21H30ClN3O4S/c22-18-5-4-17(30-18)16(12-20(27)28)24-21(29)15-2-1-11-25(13-15)19(26)6-3-14-7-9-23-10-8-14/h4-5,14-16,23H,1-3,6-13H2,(H,24,29)(H,27,28)/t15-,16+/m1/s1. The minimum Gasteiger partial charge on any atom is -0.481 e. The maximum Gasteiger partial charge on any atom is 0.305 e. The molecule has 2 saturated heterocycles. The fourth-order valence-corrected chi connectivity index (χ4v) is 5.39. The van der Waals surface area contributed by atoms with Crippen molar-refractivity contribution in [2.75, 3.05) is 26.2 Å². The van der Waals surface area contributed by atoms with Gasteiger partial charge in [-0.2, -0.15) is 0 Å². The molecule has 0 saturated carbocycles. The molecule has 3 heterocycles. The van der Waals surface area contributed by atoms with Gasteiger partial charge in [0, 0.05) is 24.4 Å². The molecule has 30 heavy (non-hydrogen) atoms. The van der Waals surface area contributed by atoms with Gasteiger partial charge >= 0.3 is 5.97 Å². The lowest BCUT2D eigenvalue weighted by Gasteiger charge is -2.33. The quantitative estimate of drug-likeness (QED) is 0.559. The molecule has 7 nitrogen and oxygen atoms in total. The number of carboxylic acid groups (broad SMARTS) is 1. The van der Waals surface area contributed by atoms with Gasteiger partial charge in [-0.05, 0) is 63.2 Å². The first-order valence-electron chi connectivity index (χ1n) is 10.7. The predicted molar refractivity (Wildman–Crippen MR) is 117 cm³/mol. The van der Waals surface area contributed by atoms with Crippen molar-refractivity contribution < 1.29 is 19.5 Å². The summed E-state index contributed by atoms with van der Waals surface area (Å²) in [5.74, 6) is -0.759. The van der Waals surface area contributed by atoms with E-state index in [0.717, 1.165) is 43.6 Å². The van der Waals surface area contributed by atoms with E-state index in [9.17, 15) is 19.5 Å². The van der Waals surface area contributed by atoms with Gasteiger partial charge < -0.3 is 20.6 Å². The highest BCUT2D eigenvalue weighted by Gasteiger charge is 2.31. The predicted octanol–water partition coefficient (Wildman–Crippen LogP) is 3.05. The molecule has 0 radical (unpaired) electrons. The average molecular weight is 456 g/mol. The number of hydrogen-bond donors (Lipinski definition) is 3. The molecule has 0 bridgehead atoms. The van der Waals surface area contributed by atoms with Crippen molar-refractivity contribution in [1.82, 2.24) is 15.5 Å². The molecular formula is C21H30ClN3O4S. The number of likely N-dealkylation sites (tertiary alicyclic amines) is 1. The van der Waals surface area contributed by atoms with E-state index in [1.54, 1.807) is 12.1 Å². The van der Waals surface area contributed by atoms with Gasteiger partial charge in [0.05, 0.1) is 22.7 Å². The number of amides is 2. The zero-order valence-corrected chi connectivity index (χ0v) is 18.6. The van der Waals surface area contributed by atoms with Gasteiger partial charge in [-0.15, -0.1) is 11.3 Å². The number of halogens is 1. The van der Waals surface area contributed by atoms with E-state index in [0.29, 0.717) is 36.2 Å². The number of thiophene rings is 1. The molecule has 1 aromatic heterocycles. The van der Waals surface area contributed by atoms with Gasteiger partial charge in [0.15, 0.2) is 0 Å². The molecule has 9 heteroatoms. The molecule has 2 fully saturated rings. The van der Waals surface area contributed by atoms with Crippen LogP contribution in [0.5, 0.6) is 0 Å².